The van der Waals surface area contributed by atoms with Crippen LogP contribution in [0.2, 0.25) is 0 Å². The molecule has 0 bridgehead atoms. The van der Waals surface area contributed by atoms with E-state index in [9.17, 15) is 4.79 Å². The number of rotatable bonds is 8. The number of nitrogens with zero attached hydrogens (tertiary/aromatic N) is 2. The molecule has 0 aliphatic rings. The highest BCUT2D eigenvalue weighted by atomic mass is 16.5. The summed E-state index contributed by atoms with van der Waals surface area (Å²) in [5.74, 6) is 1.67. The standard InChI is InChI=1S/C33H28N2O4/c1-20(2)19-24-26(39-18-8-11-21-9-6-5-7-10-21)15-13-25-28(24)23-16-17-34-30-22-12-14-27(37-3)32(38-4)29(22)33(36)35(25)31(23)30/h5-17H,1,18-19H2,2-4H3/b11-8+. The van der Waals surface area contributed by atoms with Crippen LogP contribution in [0.1, 0.15) is 18.1 Å². The third kappa shape index (κ3) is 3.96. The van der Waals surface area contributed by atoms with Crippen LogP contribution in [-0.4, -0.2) is 30.2 Å². The summed E-state index contributed by atoms with van der Waals surface area (Å²) in [7, 11) is 3.11. The summed E-state index contributed by atoms with van der Waals surface area (Å²) in [5, 5.41) is 3.08. The zero-order valence-corrected chi connectivity index (χ0v) is 22.2. The summed E-state index contributed by atoms with van der Waals surface area (Å²) in [6, 6.07) is 19.7. The lowest BCUT2D eigenvalue weighted by molar-refractivity contribution is 0.358. The van der Waals surface area contributed by atoms with Crippen molar-refractivity contribution in [1.29, 1.82) is 0 Å². The fourth-order valence-corrected chi connectivity index (χ4v) is 5.46. The van der Waals surface area contributed by atoms with Crippen LogP contribution in [0.4, 0.5) is 0 Å². The first-order valence-electron chi connectivity index (χ1n) is 12.8. The largest absolute Gasteiger partial charge is 0.493 e. The second-order valence-electron chi connectivity index (χ2n) is 9.61. The number of aromatic nitrogens is 2. The van der Waals surface area contributed by atoms with E-state index in [4.69, 9.17) is 19.2 Å². The molecule has 6 heteroatoms. The van der Waals surface area contributed by atoms with Gasteiger partial charge in [0.1, 0.15) is 12.4 Å². The van der Waals surface area contributed by atoms with Crippen molar-refractivity contribution in [1.82, 2.24) is 9.38 Å². The summed E-state index contributed by atoms with van der Waals surface area (Å²) in [6.07, 6.45) is 6.45. The quantitative estimate of drug-likeness (QED) is 0.164. The minimum absolute atomic E-state index is 0.179. The number of pyridine rings is 2. The van der Waals surface area contributed by atoms with Crippen LogP contribution < -0.4 is 19.8 Å². The van der Waals surface area contributed by atoms with E-state index in [1.54, 1.807) is 24.8 Å². The Kier molecular flexibility index (Phi) is 6.15. The van der Waals surface area contributed by atoms with Gasteiger partial charge >= 0.3 is 0 Å². The fourth-order valence-electron chi connectivity index (χ4n) is 5.46. The van der Waals surface area contributed by atoms with Gasteiger partial charge in [-0.2, -0.15) is 0 Å². The van der Waals surface area contributed by atoms with E-state index in [-0.39, 0.29) is 5.56 Å². The average molecular weight is 517 g/mol. The molecule has 0 spiro atoms. The maximum Gasteiger partial charge on any atom is 0.267 e. The summed E-state index contributed by atoms with van der Waals surface area (Å²) in [4.78, 5) is 18.8. The number of benzene rings is 3. The minimum Gasteiger partial charge on any atom is -0.493 e. The highest BCUT2D eigenvalue weighted by molar-refractivity contribution is 6.20. The molecule has 0 saturated heterocycles. The van der Waals surface area contributed by atoms with Crippen molar-refractivity contribution in [2.75, 3.05) is 20.8 Å². The van der Waals surface area contributed by atoms with Gasteiger partial charge in [-0.15, -0.1) is 0 Å². The topological polar surface area (TPSA) is 62.1 Å². The molecule has 0 unspecified atom stereocenters. The third-order valence-electron chi connectivity index (χ3n) is 7.05. The molecule has 0 amide bonds. The highest BCUT2D eigenvalue weighted by Crippen LogP contribution is 2.41. The summed E-state index contributed by atoms with van der Waals surface area (Å²) >= 11 is 0. The second-order valence-corrected chi connectivity index (χ2v) is 9.61. The first-order chi connectivity index (χ1) is 19.0. The van der Waals surface area contributed by atoms with Crippen LogP contribution in [-0.2, 0) is 6.42 Å². The molecule has 0 saturated carbocycles. The van der Waals surface area contributed by atoms with Crippen molar-refractivity contribution in [2.24, 2.45) is 0 Å². The zero-order valence-electron chi connectivity index (χ0n) is 22.2. The van der Waals surface area contributed by atoms with Crippen molar-refractivity contribution in [3.05, 3.63) is 107 Å². The molecule has 0 N–H and O–H groups in total. The lowest BCUT2D eigenvalue weighted by atomic mass is 9.99. The van der Waals surface area contributed by atoms with Gasteiger partial charge in [0.2, 0.25) is 0 Å². The van der Waals surface area contributed by atoms with Crippen LogP contribution >= 0.6 is 0 Å². The van der Waals surface area contributed by atoms with Gasteiger partial charge in [0.25, 0.3) is 5.56 Å². The monoisotopic (exact) mass is 516 g/mol. The van der Waals surface area contributed by atoms with E-state index < -0.39 is 0 Å². The van der Waals surface area contributed by atoms with Crippen LogP contribution in [0, 0.1) is 0 Å². The molecule has 39 heavy (non-hydrogen) atoms. The molecular weight excluding hydrogens is 488 g/mol. The number of ether oxygens (including phenoxy) is 3. The Hall–Kier alpha value is -4.84. The van der Waals surface area contributed by atoms with E-state index >= 15 is 0 Å². The van der Waals surface area contributed by atoms with Crippen molar-refractivity contribution in [3.8, 4) is 17.2 Å². The molecule has 0 fully saturated rings. The Morgan fingerprint density at radius 1 is 0.949 bits per heavy atom. The van der Waals surface area contributed by atoms with E-state index in [1.807, 2.05) is 67.6 Å². The molecule has 6 rings (SSSR count). The van der Waals surface area contributed by atoms with Gasteiger partial charge in [-0.05, 0) is 55.3 Å². The zero-order chi connectivity index (χ0) is 27.1. The Labute approximate surface area is 225 Å². The first kappa shape index (κ1) is 24.5. The van der Waals surface area contributed by atoms with Gasteiger partial charge in [0, 0.05) is 27.9 Å². The average Bonchev–Trinajstić information content (AvgIpc) is 3.30. The summed E-state index contributed by atoms with van der Waals surface area (Å²) < 4.78 is 19.2. The SMILES string of the molecule is C=C(C)Cc1c(OC/C=C/c2ccccc2)ccc2c1c1ccnc3c4ccc(OC)c(OC)c4c(=O)n2c13. The molecule has 3 aromatic heterocycles. The molecule has 3 aromatic carbocycles. The van der Waals surface area contributed by atoms with Gasteiger partial charge in [-0.3, -0.25) is 14.2 Å². The maximum absolute atomic E-state index is 14.1. The third-order valence-corrected chi connectivity index (χ3v) is 7.05. The number of fused-ring (bicyclic) bond motifs is 5. The number of allylic oxidation sites excluding steroid dienone is 1. The molecular formula is C33H28N2O4. The summed E-state index contributed by atoms with van der Waals surface area (Å²) in [6.45, 7) is 6.59. The molecule has 0 aliphatic heterocycles. The van der Waals surface area contributed by atoms with Crippen LogP contribution in [0.15, 0.2) is 89.9 Å². The predicted octanol–water partition coefficient (Wildman–Crippen LogP) is 6.82. The summed E-state index contributed by atoms with van der Waals surface area (Å²) in [5.41, 5.74) is 5.24. The molecule has 194 valence electrons. The van der Waals surface area contributed by atoms with E-state index in [1.165, 1.54) is 0 Å². The Morgan fingerprint density at radius 3 is 2.49 bits per heavy atom. The van der Waals surface area contributed by atoms with Gasteiger partial charge in [-0.1, -0.05) is 48.6 Å². The number of methoxy groups -OCH3 is 2. The van der Waals surface area contributed by atoms with Crippen LogP contribution in [0.5, 0.6) is 17.2 Å². The number of hydrogen-bond acceptors (Lipinski definition) is 5. The first-order valence-corrected chi connectivity index (χ1v) is 12.8. The lowest BCUT2D eigenvalue weighted by Gasteiger charge is -2.13. The van der Waals surface area contributed by atoms with Crippen LogP contribution in [0.25, 0.3) is 44.2 Å². The molecule has 0 atom stereocenters. The smallest absolute Gasteiger partial charge is 0.267 e. The fraction of sp³-hybridized carbons (Fsp3) is 0.152. The molecule has 0 aliphatic carbocycles. The molecule has 3 heterocycles. The Bertz CT molecular complexity index is 1960. The van der Waals surface area contributed by atoms with E-state index in [0.717, 1.165) is 55.2 Å². The maximum atomic E-state index is 14.1. The number of hydrogen-bond donors (Lipinski definition) is 0. The molecule has 6 nitrogen and oxygen atoms in total. The van der Waals surface area contributed by atoms with Gasteiger partial charge in [0.05, 0.1) is 36.2 Å². The van der Waals surface area contributed by atoms with Gasteiger partial charge < -0.3 is 14.2 Å². The van der Waals surface area contributed by atoms with Crippen molar-refractivity contribution >= 4 is 44.2 Å². The molecule has 6 aromatic rings. The van der Waals surface area contributed by atoms with Gasteiger partial charge in [0.15, 0.2) is 11.5 Å². The normalized spacial score (nSPS) is 11.8. The van der Waals surface area contributed by atoms with Crippen molar-refractivity contribution < 1.29 is 14.2 Å². The van der Waals surface area contributed by atoms with Crippen molar-refractivity contribution in [3.63, 3.8) is 0 Å². The van der Waals surface area contributed by atoms with E-state index in [2.05, 4.69) is 18.7 Å². The van der Waals surface area contributed by atoms with Crippen LogP contribution in [0.3, 0.4) is 0 Å². The van der Waals surface area contributed by atoms with Crippen molar-refractivity contribution in [2.45, 2.75) is 13.3 Å². The second kappa shape index (κ2) is 9.80. The lowest BCUT2D eigenvalue weighted by Crippen LogP contribution is -2.14. The predicted molar refractivity (Wildman–Crippen MR) is 158 cm³/mol. The minimum atomic E-state index is -0.179. The Morgan fingerprint density at radius 2 is 1.74 bits per heavy atom. The Balaban J connectivity index is 1.60. The molecule has 0 radical (unpaired) electrons. The van der Waals surface area contributed by atoms with Gasteiger partial charge in [-0.25, -0.2) is 0 Å². The highest BCUT2D eigenvalue weighted by Gasteiger charge is 2.24. The van der Waals surface area contributed by atoms with E-state index in [0.29, 0.717) is 29.9 Å².